The van der Waals surface area contributed by atoms with Crippen LogP contribution in [-0.4, -0.2) is 30.8 Å². The minimum Gasteiger partial charge on any atom is -0.464 e. The van der Waals surface area contributed by atoms with Gasteiger partial charge in [-0.1, -0.05) is 0 Å². The Morgan fingerprint density at radius 2 is 1.91 bits per heavy atom. The average Bonchev–Trinajstić information content (AvgIpc) is 2.38. The van der Waals surface area contributed by atoms with Crippen molar-refractivity contribution >= 4 is 17.7 Å². The van der Waals surface area contributed by atoms with Gasteiger partial charge in [0.2, 0.25) is 6.04 Å². The Morgan fingerprint density at radius 1 is 1.27 bits per heavy atom. The predicted octanol–water partition coefficient (Wildman–Crippen LogP) is 2.58. The molecular formula is C12H11F5N2O3. The normalized spacial score (nSPS) is 12.5. The van der Waals surface area contributed by atoms with Crippen LogP contribution in [0.3, 0.4) is 0 Å². The molecule has 1 aromatic carbocycles. The number of halogens is 5. The summed E-state index contributed by atoms with van der Waals surface area (Å²) in [5.74, 6) is -3.82. The Labute approximate surface area is 121 Å². The number of hydrogen-bond acceptors (Lipinski definition) is 3. The number of nitrogens with one attached hydrogen (secondary N) is 2. The van der Waals surface area contributed by atoms with E-state index in [1.165, 1.54) is 12.2 Å². The van der Waals surface area contributed by atoms with E-state index in [0.29, 0.717) is 6.07 Å². The third kappa shape index (κ3) is 4.86. The number of rotatable bonds is 4. The maximum absolute atomic E-state index is 13.3. The first-order valence-corrected chi connectivity index (χ1v) is 5.91. The molecule has 2 amide bonds. The quantitative estimate of drug-likeness (QED) is 0.660. The number of amides is 2. The van der Waals surface area contributed by atoms with Gasteiger partial charge in [0.25, 0.3) is 0 Å². The first-order chi connectivity index (χ1) is 10.1. The van der Waals surface area contributed by atoms with Crippen molar-refractivity contribution in [2.75, 3.05) is 11.9 Å². The molecule has 1 unspecified atom stereocenters. The Morgan fingerprint density at radius 3 is 2.41 bits per heavy atom. The molecule has 122 valence electrons. The van der Waals surface area contributed by atoms with Gasteiger partial charge in [-0.2, -0.15) is 13.2 Å². The Balaban J connectivity index is 2.81. The lowest BCUT2D eigenvalue weighted by Crippen LogP contribution is -2.52. The highest BCUT2D eigenvalue weighted by Gasteiger charge is 2.47. The second-order valence-corrected chi connectivity index (χ2v) is 3.95. The van der Waals surface area contributed by atoms with Crippen LogP contribution in [0.1, 0.15) is 6.92 Å². The van der Waals surface area contributed by atoms with Crippen LogP contribution in [0.25, 0.3) is 0 Å². The van der Waals surface area contributed by atoms with Crippen LogP contribution in [0.5, 0.6) is 0 Å². The molecule has 1 aromatic rings. The van der Waals surface area contributed by atoms with E-state index in [2.05, 4.69) is 4.74 Å². The number of carbonyl (C=O) groups excluding carboxylic acids is 2. The molecule has 1 atom stereocenters. The summed E-state index contributed by atoms with van der Waals surface area (Å²) < 4.78 is 68.1. The fourth-order valence-corrected chi connectivity index (χ4v) is 1.38. The molecule has 0 heterocycles. The summed E-state index contributed by atoms with van der Waals surface area (Å²) >= 11 is 0. The molecular weight excluding hydrogens is 315 g/mol. The molecule has 5 nitrogen and oxygen atoms in total. The van der Waals surface area contributed by atoms with Crippen LogP contribution in [-0.2, 0) is 9.53 Å². The fourth-order valence-electron chi connectivity index (χ4n) is 1.38. The third-order valence-corrected chi connectivity index (χ3v) is 2.30. The van der Waals surface area contributed by atoms with Crippen LogP contribution >= 0.6 is 0 Å². The molecule has 10 heteroatoms. The summed E-state index contributed by atoms with van der Waals surface area (Å²) in [7, 11) is 0. The first-order valence-electron chi connectivity index (χ1n) is 5.91. The number of ether oxygens (including phenoxy) is 1. The van der Waals surface area contributed by atoms with Crippen molar-refractivity contribution in [3.05, 3.63) is 29.8 Å². The number of hydrogen-bond donors (Lipinski definition) is 2. The van der Waals surface area contributed by atoms with E-state index in [1.54, 1.807) is 5.32 Å². The molecule has 0 aliphatic carbocycles. The molecule has 1 rings (SSSR count). The van der Waals surface area contributed by atoms with Gasteiger partial charge in [-0.05, 0) is 19.1 Å². The third-order valence-electron chi connectivity index (χ3n) is 2.30. The standard InChI is InChI=1S/C12H11F5N2O3/c1-2-22-10(20)9(12(15,16)17)19-11(21)18-8-4-3-6(13)5-7(8)14/h3-5,9H,2H2,1H3,(H2,18,19,21). The van der Waals surface area contributed by atoms with E-state index in [-0.39, 0.29) is 6.61 Å². The maximum Gasteiger partial charge on any atom is 0.419 e. The number of esters is 1. The lowest BCUT2D eigenvalue weighted by molar-refractivity contribution is -0.182. The first kappa shape index (κ1) is 17.7. The number of carbonyl (C=O) groups is 2. The van der Waals surface area contributed by atoms with E-state index in [9.17, 15) is 31.5 Å². The minimum atomic E-state index is -5.09. The largest absolute Gasteiger partial charge is 0.464 e. The molecule has 0 aliphatic rings. The fraction of sp³-hybridized carbons (Fsp3) is 0.333. The van der Waals surface area contributed by atoms with Gasteiger partial charge in [0.05, 0.1) is 12.3 Å². The van der Waals surface area contributed by atoms with Crippen LogP contribution in [0.2, 0.25) is 0 Å². The Hall–Kier alpha value is -2.39. The SMILES string of the molecule is CCOC(=O)C(NC(=O)Nc1ccc(F)cc1F)C(F)(F)F. The summed E-state index contributed by atoms with van der Waals surface area (Å²) in [5, 5.41) is 3.06. The van der Waals surface area contributed by atoms with Crippen molar-refractivity contribution in [1.82, 2.24) is 5.32 Å². The summed E-state index contributed by atoms with van der Waals surface area (Å²) in [6, 6.07) is -2.36. The van der Waals surface area contributed by atoms with Gasteiger partial charge in [0, 0.05) is 6.07 Å². The van der Waals surface area contributed by atoms with Crippen LogP contribution < -0.4 is 10.6 Å². The highest BCUT2D eigenvalue weighted by molar-refractivity contribution is 5.92. The molecule has 0 saturated heterocycles. The molecule has 0 radical (unpaired) electrons. The number of urea groups is 1. The lowest BCUT2D eigenvalue weighted by Gasteiger charge is -2.20. The van der Waals surface area contributed by atoms with Crippen LogP contribution in [0.15, 0.2) is 18.2 Å². The molecule has 0 bridgehead atoms. The highest BCUT2D eigenvalue weighted by atomic mass is 19.4. The van der Waals surface area contributed by atoms with Crippen LogP contribution in [0, 0.1) is 11.6 Å². The van der Waals surface area contributed by atoms with Crippen molar-refractivity contribution in [3.63, 3.8) is 0 Å². The zero-order chi connectivity index (χ0) is 16.9. The molecule has 0 fully saturated rings. The second kappa shape index (κ2) is 7.05. The maximum atomic E-state index is 13.3. The van der Waals surface area contributed by atoms with Crippen molar-refractivity contribution in [1.29, 1.82) is 0 Å². The van der Waals surface area contributed by atoms with E-state index >= 15 is 0 Å². The number of alkyl halides is 3. The minimum absolute atomic E-state index is 0.318. The van der Waals surface area contributed by atoms with Gasteiger partial charge < -0.3 is 15.4 Å². The Kier molecular flexibility index (Phi) is 5.66. The zero-order valence-corrected chi connectivity index (χ0v) is 11.1. The van der Waals surface area contributed by atoms with Gasteiger partial charge in [-0.25, -0.2) is 18.4 Å². The highest BCUT2D eigenvalue weighted by Crippen LogP contribution is 2.22. The van der Waals surface area contributed by atoms with E-state index in [0.717, 1.165) is 12.1 Å². The summed E-state index contributed by atoms with van der Waals surface area (Å²) in [5.41, 5.74) is -0.552. The molecule has 22 heavy (non-hydrogen) atoms. The van der Waals surface area contributed by atoms with E-state index in [1.807, 2.05) is 0 Å². The smallest absolute Gasteiger partial charge is 0.419 e. The average molecular weight is 326 g/mol. The van der Waals surface area contributed by atoms with Gasteiger partial charge in [-0.3, -0.25) is 0 Å². The number of benzene rings is 1. The van der Waals surface area contributed by atoms with Crippen LogP contribution in [0.4, 0.5) is 32.4 Å². The monoisotopic (exact) mass is 326 g/mol. The molecule has 0 saturated carbocycles. The van der Waals surface area contributed by atoms with E-state index in [4.69, 9.17) is 0 Å². The molecule has 0 aromatic heterocycles. The van der Waals surface area contributed by atoms with Gasteiger partial charge in [-0.15, -0.1) is 0 Å². The van der Waals surface area contributed by atoms with Gasteiger partial charge in [0.1, 0.15) is 11.6 Å². The Bertz CT molecular complexity index is 562. The van der Waals surface area contributed by atoms with E-state index < -0.39 is 41.5 Å². The second-order valence-electron chi connectivity index (χ2n) is 3.95. The molecule has 0 aliphatic heterocycles. The van der Waals surface area contributed by atoms with Crippen molar-refractivity contribution in [2.24, 2.45) is 0 Å². The lowest BCUT2D eigenvalue weighted by atomic mass is 10.3. The predicted molar refractivity (Wildman–Crippen MR) is 65.0 cm³/mol. The number of anilines is 1. The summed E-state index contributed by atoms with van der Waals surface area (Å²) in [4.78, 5) is 22.6. The van der Waals surface area contributed by atoms with Crippen molar-refractivity contribution in [2.45, 2.75) is 19.1 Å². The molecule has 2 N–H and O–H groups in total. The topological polar surface area (TPSA) is 67.4 Å². The summed E-state index contributed by atoms with van der Waals surface area (Å²) in [6.07, 6.45) is -5.09. The van der Waals surface area contributed by atoms with Crippen molar-refractivity contribution in [3.8, 4) is 0 Å². The summed E-state index contributed by atoms with van der Waals surface area (Å²) in [6.45, 7) is 0.973. The molecule has 0 spiro atoms. The van der Waals surface area contributed by atoms with Gasteiger partial charge in [0.15, 0.2) is 0 Å². The zero-order valence-electron chi connectivity index (χ0n) is 11.1. The van der Waals surface area contributed by atoms with Gasteiger partial charge >= 0.3 is 18.2 Å². The van der Waals surface area contributed by atoms with Crippen molar-refractivity contribution < 1.29 is 36.3 Å².